The number of nitrogens with zero attached hydrogens (tertiary/aromatic N) is 1. The Kier molecular flexibility index (Phi) is 4.62. The second-order valence-electron chi connectivity index (χ2n) is 5.57. The summed E-state index contributed by atoms with van der Waals surface area (Å²) in [5.74, 6) is -0.0189. The summed E-state index contributed by atoms with van der Waals surface area (Å²) in [5, 5.41) is 2.89. The lowest BCUT2D eigenvalue weighted by Gasteiger charge is -2.34. The lowest BCUT2D eigenvalue weighted by Crippen LogP contribution is -2.48. The van der Waals surface area contributed by atoms with Crippen LogP contribution in [0.2, 0.25) is 0 Å². The highest BCUT2D eigenvalue weighted by molar-refractivity contribution is 5.92. The Bertz CT molecular complexity index is 480. The predicted octanol–water partition coefficient (Wildman–Crippen LogP) is 1.62. The Morgan fingerprint density at radius 2 is 2.05 bits per heavy atom. The molecular weight excluding hydrogens is 254 g/mol. The van der Waals surface area contributed by atoms with E-state index in [1.54, 1.807) is 6.07 Å². The minimum Gasteiger partial charge on any atom is -0.398 e. The van der Waals surface area contributed by atoms with Gasteiger partial charge in [0.25, 0.3) is 0 Å². The summed E-state index contributed by atoms with van der Waals surface area (Å²) in [6, 6.07) is 5.57. The molecule has 1 saturated heterocycles. The zero-order valence-corrected chi connectivity index (χ0v) is 12.3. The van der Waals surface area contributed by atoms with E-state index in [0.29, 0.717) is 12.2 Å². The summed E-state index contributed by atoms with van der Waals surface area (Å²) >= 11 is 0. The molecule has 1 aromatic carbocycles. The van der Waals surface area contributed by atoms with E-state index in [9.17, 15) is 4.79 Å². The fourth-order valence-electron chi connectivity index (χ4n) is 2.54. The van der Waals surface area contributed by atoms with Gasteiger partial charge in [-0.3, -0.25) is 9.69 Å². The van der Waals surface area contributed by atoms with E-state index in [1.807, 2.05) is 32.9 Å². The van der Waals surface area contributed by atoms with Crippen molar-refractivity contribution in [3.05, 3.63) is 23.8 Å². The predicted molar refractivity (Wildman–Crippen MR) is 80.7 cm³/mol. The largest absolute Gasteiger partial charge is 0.398 e. The summed E-state index contributed by atoms with van der Waals surface area (Å²) in [5.41, 5.74) is 8.29. The number of aryl methyl sites for hydroxylation is 1. The highest BCUT2D eigenvalue weighted by Gasteiger charge is 2.23. The highest BCUT2D eigenvalue weighted by atomic mass is 16.5. The molecule has 20 heavy (non-hydrogen) atoms. The number of rotatable bonds is 3. The van der Waals surface area contributed by atoms with E-state index in [2.05, 4.69) is 10.2 Å². The molecule has 5 heteroatoms. The number of nitrogens with one attached hydrogen (secondary N) is 1. The van der Waals surface area contributed by atoms with E-state index in [0.717, 1.165) is 24.3 Å². The molecule has 3 N–H and O–H groups in total. The van der Waals surface area contributed by atoms with E-state index < -0.39 is 0 Å². The minimum atomic E-state index is -0.0189. The number of anilines is 2. The van der Waals surface area contributed by atoms with Crippen LogP contribution >= 0.6 is 0 Å². The molecule has 1 fully saturated rings. The maximum atomic E-state index is 12.1. The average Bonchev–Trinajstić information content (AvgIpc) is 2.32. The molecule has 0 aromatic heterocycles. The van der Waals surface area contributed by atoms with Crippen LogP contribution in [-0.4, -0.2) is 42.6 Å². The van der Waals surface area contributed by atoms with Crippen molar-refractivity contribution in [2.75, 3.05) is 30.7 Å². The third kappa shape index (κ3) is 3.95. The number of carbonyl (C=O) groups excluding carboxylic acids is 1. The molecule has 0 aliphatic carbocycles. The van der Waals surface area contributed by atoms with Gasteiger partial charge in [0, 0.05) is 24.5 Å². The summed E-state index contributed by atoms with van der Waals surface area (Å²) in [7, 11) is 0. The maximum absolute atomic E-state index is 12.1. The van der Waals surface area contributed by atoms with Crippen LogP contribution in [0.3, 0.4) is 0 Å². The summed E-state index contributed by atoms with van der Waals surface area (Å²) in [6.45, 7) is 7.95. The number of benzene rings is 1. The van der Waals surface area contributed by atoms with Gasteiger partial charge in [0.1, 0.15) is 0 Å². The summed E-state index contributed by atoms with van der Waals surface area (Å²) in [6.07, 6.45) is 0.336. The highest BCUT2D eigenvalue weighted by Crippen LogP contribution is 2.17. The van der Waals surface area contributed by atoms with Gasteiger partial charge in [-0.1, -0.05) is 6.07 Å². The van der Waals surface area contributed by atoms with Crippen LogP contribution in [0.15, 0.2) is 18.2 Å². The third-order valence-corrected chi connectivity index (χ3v) is 3.43. The smallest absolute Gasteiger partial charge is 0.238 e. The van der Waals surface area contributed by atoms with Gasteiger partial charge in [-0.2, -0.15) is 0 Å². The average molecular weight is 277 g/mol. The van der Waals surface area contributed by atoms with E-state index >= 15 is 0 Å². The van der Waals surface area contributed by atoms with Gasteiger partial charge in [-0.05, 0) is 38.5 Å². The van der Waals surface area contributed by atoms with Crippen molar-refractivity contribution in [2.24, 2.45) is 0 Å². The topological polar surface area (TPSA) is 67.6 Å². The van der Waals surface area contributed by atoms with Crippen molar-refractivity contribution in [3.8, 4) is 0 Å². The number of ether oxygens (including phenoxy) is 1. The number of hydrogen-bond donors (Lipinski definition) is 2. The van der Waals surface area contributed by atoms with Crippen LogP contribution in [0.5, 0.6) is 0 Å². The van der Waals surface area contributed by atoms with Gasteiger partial charge >= 0.3 is 0 Å². The number of hydrogen-bond acceptors (Lipinski definition) is 4. The van der Waals surface area contributed by atoms with E-state index in [4.69, 9.17) is 10.5 Å². The third-order valence-electron chi connectivity index (χ3n) is 3.43. The first-order chi connectivity index (χ1) is 9.44. The van der Waals surface area contributed by atoms with Gasteiger partial charge in [-0.25, -0.2) is 0 Å². The van der Waals surface area contributed by atoms with Crippen LogP contribution in [0, 0.1) is 6.92 Å². The van der Waals surface area contributed by atoms with Crippen molar-refractivity contribution in [2.45, 2.75) is 33.0 Å². The standard InChI is InChI=1S/C15H23N3O2/c1-10-4-5-13(6-14(10)16)17-15(19)9-18-7-11(2)20-12(3)8-18/h4-6,11-12H,7-9,16H2,1-3H3,(H,17,19)/t11-,12+. The first-order valence-electron chi connectivity index (χ1n) is 6.98. The number of carbonyl (C=O) groups is 1. The zero-order valence-electron chi connectivity index (χ0n) is 12.3. The molecule has 1 aromatic rings. The number of nitrogens with two attached hydrogens (primary N) is 1. The molecular formula is C15H23N3O2. The Hall–Kier alpha value is -1.59. The lowest BCUT2D eigenvalue weighted by atomic mass is 10.2. The molecule has 2 rings (SSSR count). The molecule has 0 bridgehead atoms. The van der Waals surface area contributed by atoms with Crippen LogP contribution < -0.4 is 11.1 Å². The monoisotopic (exact) mass is 277 g/mol. The SMILES string of the molecule is Cc1ccc(NC(=O)CN2C[C@@H](C)O[C@@H](C)C2)cc1N. The van der Waals surface area contributed by atoms with Gasteiger partial charge in [0.2, 0.25) is 5.91 Å². The van der Waals surface area contributed by atoms with Gasteiger partial charge in [0.15, 0.2) is 0 Å². The fraction of sp³-hybridized carbons (Fsp3) is 0.533. The second-order valence-corrected chi connectivity index (χ2v) is 5.57. The van der Waals surface area contributed by atoms with Crippen LogP contribution in [0.4, 0.5) is 11.4 Å². The molecule has 5 nitrogen and oxygen atoms in total. The van der Waals surface area contributed by atoms with Crippen molar-refractivity contribution in [1.29, 1.82) is 0 Å². The molecule has 0 radical (unpaired) electrons. The van der Waals surface area contributed by atoms with Crippen molar-refractivity contribution in [1.82, 2.24) is 4.90 Å². The fourth-order valence-corrected chi connectivity index (χ4v) is 2.54. The maximum Gasteiger partial charge on any atom is 0.238 e. The molecule has 1 heterocycles. The van der Waals surface area contributed by atoms with Crippen LogP contribution in [0.25, 0.3) is 0 Å². The molecule has 1 amide bonds. The van der Waals surface area contributed by atoms with Crippen LogP contribution in [0.1, 0.15) is 19.4 Å². The number of nitrogen functional groups attached to an aromatic ring is 1. The molecule has 0 unspecified atom stereocenters. The molecule has 0 saturated carbocycles. The van der Waals surface area contributed by atoms with Gasteiger partial charge in [-0.15, -0.1) is 0 Å². The van der Waals surface area contributed by atoms with Crippen molar-refractivity contribution < 1.29 is 9.53 Å². The Labute approximate surface area is 120 Å². The normalized spacial score (nSPS) is 23.6. The number of morpholine rings is 1. The lowest BCUT2D eigenvalue weighted by molar-refractivity contribution is -0.121. The summed E-state index contributed by atoms with van der Waals surface area (Å²) < 4.78 is 5.66. The van der Waals surface area contributed by atoms with E-state index in [-0.39, 0.29) is 18.1 Å². The Morgan fingerprint density at radius 1 is 1.40 bits per heavy atom. The van der Waals surface area contributed by atoms with Crippen molar-refractivity contribution in [3.63, 3.8) is 0 Å². The van der Waals surface area contributed by atoms with Crippen molar-refractivity contribution >= 4 is 17.3 Å². The van der Waals surface area contributed by atoms with Crippen LogP contribution in [-0.2, 0) is 9.53 Å². The second kappa shape index (κ2) is 6.24. The quantitative estimate of drug-likeness (QED) is 0.824. The Balaban J connectivity index is 1.90. The van der Waals surface area contributed by atoms with E-state index in [1.165, 1.54) is 0 Å². The molecule has 110 valence electrons. The Morgan fingerprint density at radius 3 is 2.65 bits per heavy atom. The molecule has 0 spiro atoms. The first kappa shape index (κ1) is 14.8. The first-order valence-corrected chi connectivity index (χ1v) is 6.98. The number of amides is 1. The molecule has 1 aliphatic heterocycles. The minimum absolute atomic E-state index is 0.0189. The molecule has 1 aliphatic rings. The molecule has 2 atom stereocenters. The summed E-state index contributed by atoms with van der Waals surface area (Å²) in [4.78, 5) is 14.2. The van der Waals surface area contributed by atoms with Gasteiger partial charge < -0.3 is 15.8 Å². The van der Waals surface area contributed by atoms with Gasteiger partial charge in [0.05, 0.1) is 18.8 Å². The zero-order chi connectivity index (χ0) is 14.7.